The third-order valence-corrected chi connectivity index (χ3v) is 7.73. The molecule has 162 valence electrons. The largest absolute Gasteiger partial charge is 0.497 e. The number of ketones is 1. The quantitative estimate of drug-likeness (QED) is 0.451. The summed E-state index contributed by atoms with van der Waals surface area (Å²) in [7, 11) is 1.59. The maximum absolute atomic E-state index is 13.1. The van der Waals surface area contributed by atoms with Crippen LogP contribution in [0.4, 0.5) is 5.00 Å². The monoisotopic (exact) mass is 508 g/mol. The van der Waals surface area contributed by atoms with Crippen molar-refractivity contribution in [1.82, 2.24) is 0 Å². The molecule has 5 rings (SSSR count). The van der Waals surface area contributed by atoms with Crippen molar-refractivity contribution in [1.29, 1.82) is 0 Å². The molecule has 0 N–H and O–H groups in total. The topological polar surface area (TPSA) is 59.0 Å². The van der Waals surface area contributed by atoms with Crippen molar-refractivity contribution in [2.24, 2.45) is 4.99 Å². The molecule has 2 heterocycles. The Hall–Kier alpha value is -2.77. The molecule has 2 aliphatic rings. The second-order valence-electron chi connectivity index (χ2n) is 7.84. The molecule has 0 fully saturated rings. The Morgan fingerprint density at radius 2 is 1.88 bits per heavy atom. The van der Waals surface area contributed by atoms with E-state index in [0.29, 0.717) is 11.3 Å². The molecule has 0 atom stereocenters. The number of anilines is 1. The van der Waals surface area contributed by atoms with Crippen LogP contribution in [0.2, 0.25) is 0 Å². The summed E-state index contributed by atoms with van der Waals surface area (Å²) in [6, 6.07) is 15.0. The van der Waals surface area contributed by atoms with Gasteiger partial charge in [-0.15, -0.1) is 11.3 Å². The van der Waals surface area contributed by atoms with Crippen molar-refractivity contribution in [2.45, 2.75) is 19.3 Å². The van der Waals surface area contributed by atoms with Gasteiger partial charge in [-0.25, -0.2) is 0 Å². The van der Waals surface area contributed by atoms with E-state index in [1.807, 2.05) is 24.3 Å². The van der Waals surface area contributed by atoms with E-state index in [4.69, 9.17) is 9.73 Å². The molecule has 32 heavy (non-hydrogen) atoms. The first kappa shape index (κ1) is 21.1. The minimum absolute atomic E-state index is 0.000688. The van der Waals surface area contributed by atoms with E-state index in [1.54, 1.807) is 47.6 Å². The SMILES string of the molecule is COc1ccc(C(=O)CN2C(=O)CN=C(c3ccc(Br)cc3)c3c2sc2c3CCC2)cc1. The van der Waals surface area contributed by atoms with Crippen LogP contribution in [0.15, 0.2) is 58.0 Å². The number of amides is 1. The molecular formula is C25H21BrN2O3S. The molecule has 0 spiro atoms. The van der Waals surface area contributed by atoms with Gasteiger partial charge in [0.25, 0.3) is 0 Å². The van der Waals surface area contributed by atoms with Crippen LogP contribution in [-0.2, 0) is 17.6 Å². The van der Waals surface area contributed by atoms with Crippen molar-refractivity contribution >= 4 is 49.7 Å². The first-order valence-electron chi connectivity index (χ1n) is 10.5. The molecule has 0 unspecified atom stereocenters. The predicted molar refractivity (Wildman–Crippen MR) is 131 cm³/mol. The van der Waals surface area contributed by atoms with Gasteiger partial charge in [-0.05, 0) is 61.2 Å². The molecule has 3 aromatic rings. The van der Waals surface area contributed by atoms with Crippen LogP contribution >= 0.6 is 27.3 Å². The molecule has 1 aliphatic carbocycles. The highest BCUT2D eigenvalue weighted by Crippen LogP contribution is 2.43. The molecule has 1 aliphatic heterocycles. The fourth-order valence-corrected chi connectivity index (χ4v) is 5.93. The van der Waals surface area contributed by atoms with Gasteiger partial charge in [-0.1, -0.05) is 28.1 Å². The Morgan fingerprint density at radius 1 is 1.12 bits per heavy atom. The van der Waals surface area contributed by atoms with Gasteiger partial charge >= 0.3 is 0 Å². The Balaban J connectivity index is 1.54. The van der Waals surface area contributed by atoms with E-state index in [2.05, 4.69) is 15.9 Å². The number of rotatable bonds is 5. The van der Waals surface area contributed by atoms with E-state index in [-0.39, 0.29) is 24.8 Å². The number of halogens is 1. The van der Waals surface area contributed by atoms with Crippen molar-refractivity contribution < 1.29 is 14.3 Å². The minimum atomic E-state index is -0.153. The molecule has 1 amide bonds. The number of hydrogen-bond donors (Lipinski definition) is 0. The lowest BCUT2D eigenvalue weighted by Gasteiger charge is -2.20. The molecule has 0 bridgehead atoms. The first-order valence-corrected chi connectivity index (χ1v) is 12.1. The van der Waals surface area contributed by atoms with E-state index < -0.39 is 0 Å². The van der Waals surface area contributed by atoms with Crippen LogP contribution in [0.5, 0.6) is 5.75 Å². The summed E-state index contributed by atoms with van der Waals surface area (Å²) in [5, 5.41) is 0.848. The number of carbonyl (C=O) groups excluding carboxylic acids is 2. The minimum Gasteiger partial charge on any atom is -0.497 e. The molecule has 7 heteroatoms. The number of Topliss-reactive ketones (excluding diaryl/α,β-unsaturated/α-hetero) is 1. The fraction of sp³-hybridized carbons (Fsp3) is 0.240. The Labute approximate surface area is 198 Å². The summed E-state index contributed by atoms with van der Waals surface area (Å²) >= 11 is 5.13. The maximum atomic E-state index is 13.1. The van der Waals surface area contributed by atoms with Gasteiger partial charge in [-0.3, -0.25) is 19.5 Å². The standard InChI is InChI=1S/C25H21BrN2O3S/c1-31-18-11-7-15(8-12-18)20(29)14-28-22(30)13-27-24(16-5-9-17(26)10-6-16)23-19-3-2-4-21(19)32-25(23)28/h5-12H,2-4,13-14H2,1H3. The number of thiophene rings is 1. The summed E-state index contributed by atoms with van der Waals surface area (Å²) in [6.07, 6.45) is 3.10. The maximum Gasteiger partial charge on any atom is 0.249 e. The fourth-order valence-electron chi connectivity index (χ4n) is 4.26. The zero-order chi connectivity index (χ0) is 22.2. The second kappa shape index (κ2) is 8.64. The van der Waals surface area contributed by atoms with Gasteiger partial charge in [0.2, 0.25) is 5.91 Å². The van der Waals surface area contributed by atoms with Gasteiger partial charge in [0, 0.05) is 26.0 Å². The summed E-state index contributed by atoms with van der Waals surface area (Å²) in [5.41, 5.74) is 4.70. The number of methoxy groups -OCH3 is 1. The smallest absolute Gasteiger partial charge is 0.249 e. The average molecular weight is 509 g/mol. The first-order chi connectivity index (χ1) is 15.5. The lowest BCUT2D eigenvalue weighted by atomic mass is 9.99. The summed E-state index contributed by atoms with van der Waals surface area (Å²) in [5.74, 6) is 0.435. The number of ether oxygens (including phenoxy) is 1. The van der Waals surface area contributed by atoms with Gasteiger partial charge in [0.1, 0.15) is 17.3 Å². The number of aryl methyl sites for hydroxylation is 1. The predicted octanol–water partition coefficient (Wildman–Crippen LogP) is 5.07. The van der Waals surface area contributed by atoms with Crippen LogP contribution in [0.3, 0.4) is 0 Å². The third kappa shape index (κ3) is 3.80. The summed E-state index contributed by atoms with van der Waals surface area (Å²) < 4.78 is 6.18. The summed E-state index contributed by atoms with van der Waals surface area (Å²) in [6.45, 7) is 0.0259. The van der Waals surface area contributed by atoms with Crippen molar-refractivity contribution in [3.05, 3.63) is 80.1 Å². The van der Waals surface area contributed by atoms with Gasteiger partial charge in [-0.2, -0.15) is 0 Å². The number of carbonyl (C=O) groups is 2. The number of nitrogens with zero attached hydrogens (tertiary/aromatic N) is 2. The lowest BCUT2D eigenvalue weighted by Crippen LogP contribution is -2.36. The van der Waals surface area contributed by atoms with Gasteiger partial charge in [0.15, 0.2) is 5.78 Å². The highest BCUT2D eigenvalue weighted by atomic mass is 79.9. The molecule has 2 aromatic carbocycles. The van der Waals surface area contributed by atoms with Crippen LogP contribution in [0.1, 0.15) is 38.3 Å². The molecule has 1 aromatic heterocycles. The highest BCUT2D eigenvalue weighted by Gasteiger charge is 2.34. The molecular weight excluding hydrogens is 488 g/mol. The van der Waals surface area contributed by atoms with Crippen molar-refractivity contribution in [3.63, 3.8) is 0 Å². The number of benzene rings is 2. The molecule has 0 saturated heterocycles. The molecule has 0 saturated carbocycles. The van der Waals surface area contributed by atoms with Crippen molar-refractivity contribution in [3.8, 4) is 5.75 Å². The average Bonchev–Trinajstić information content (AvgIpc) is 3.37. The Bertz CT molecular complexity index is 1230. The van der Waals surface area contributed by atoms with Crippen molar-refractivity contribution in [2.75, 3.05) is 25.1 Å². The summed E-state index contributed by atoms with van der Waals surface area (Å²) in [4.78, 5) is 33.9. The number of hydrogen-bond acceptors (Lipinski definition) is 5. The van der Waals surface area contributed by atoms with E-state index >= 15 is 0 Å². The zero-order valence-electron chi connectivity index (χ0n) is 17.6. The number of fused-ring (bicyclic) bond motifs is 3. The van der Waals surface area contributed by atoms with Crippen LogP contribution in [0, 0.1) is 0 Å². The number of aliphatic imine (C=N–C) groups is 1. The molecule has 5 nitrogen and oxygen atoms in total. The lowest BCUT2D eigenvalue weighted by molar-refractivity contribution is -0.117. The zero-order valence-corrected chi connectivity index (χ0v) is 20.0. The molecule has 0 radical (unpaired) electrons. The highest BCUT2D eigenvalue weighted by molar-refractivity contribution is 9.10. The van der Waals surface area contributed by atoms with E-state index in [0.717, 1.165) is 45.6 Å². The van der Waals surface area contributed by atoms with Crippen LogP contribution in [-0.4, -0.2) is 37.6 Å². The normalized spacial score (nSPS) is 15.1. The van der Waals surface area contributed by atoms with Crippen LogP contribution < -0.4 is 9.64 Å². The van der Waals surface area contributed by atoms with E-state index in [1.165, 1.54) is 10.4 Å². The van der Waals surface area contributed by atoms with Crippen LogP contribution in [0.25, 0.3) is 0 Å². The Morgan fingerprint density at radius 3 is 2.59 bits per heavy atom. The van der Waals surface area contributed by atoms with E-state index in [9.17, 15) is 9.59 Å². The van der Waals surface area contributed by atoms with Gasteiger partial charge in [0.05, 0.1) is 19.4 Å². The third-order valence-electron chi connectivity index (χ3n) is 5.89. The van der Waals surface area contributed by atoms with Gasteiger partial charge < -0.3 is 4.74 Å². The second-order valence-corrected chi connectivity index (χ2v) is 9.84. The Kier molecular flexibility index (Phi) is 5.69.